The van der Waals surface area contributed by atoms with E-state index in [2.05, 4.69) is 16.2 Å². The lowest BCUT2D eigenvalue weighted by atomic mass is 10.1. The van der Waals surface area contributed by atoms with E-state index in [1.165, 1.54) is 0 Å². The molecule has 0 saturated carbocycles. The summed E-state index contributed by atoms with van der Waals surface area (Å²) in [4.78, 5) is 11.9. The first-order chi connectivity index (χ1) is 11.2. The van der Waals surface area contributed by atoms with Gasteiger partial charge in [0.05, 0.1) is 22.2 Å². The van der Waals surface area contributed by atoms with Crippen LogP contribution in [0.5, 0.6) is 0 Å². The minimum Gasteiger partial charge on any atom is -0.330 e. The van der Waals surface area contributed by atoms with Crippen LogP contribution < -0.4 is 16.2 Å². The number of sulfone groups is 1. The molecule has 1 amide bonds. The van der Waals surface area contributed by atoms with E-state index in [1.807, 2.05) is 26.0 Å². The van der Waals surface area contributed by atoms with E-state index in [4.69, 9.17) is 23.8 Å². The average molecular weight is 390 g/mol. The summed E-state index contributed by atoms with van der Waals surface area (Å²) in [6, 6.07) is 3.79. The number of hydrogen-bond donors (Lipinski definition) is 3. The van der Waals surface area contributed by atoms with Crippen molar-refractivity contribution in [2.45, 2.75) is 26.7 Å². The van der Waals surface area contributed by atoms with Gasteiger partial charge in [0.15, 0.2) is 14.9 Å². The highest BCUT2D eigenvalue weighted by Gasteiger charge is 2.29. The van der Waals surface area contributed by atoms with Crippen LogP contribution >= 0.6 is 23.8 Å². The molecule has 0 radical (unpaired) electrons. The van der Waals surface area contributed by atoms with E-state index in [9.17, 15) is 13.2 Å². The number of rotatable bonds is 3. The minimum absolute atomic E-state index is 0.0707. The summed E-state index contributed by atoms with van der Waals surface area (Å²) in [5, 5.41) is 3.69. The highest BCUT2D eigenvalue weighted by atomic mass is 35.5. The first-order valence-electron chi connectivity index (χ1n) is 7.49. The van der Waals surface area contributed by atoms with Crippen molar-refractivity contribution in [2.75, 3.05) is 16.8 Å². The fourth-order valence-electron chi connectivity index (χ4n) is 2.69. The van der Waals surface area contributed by atoms with Crippen molar-refractivity contribution in [2.24, 2.45) is 5.92 Å². The largest absolute Gasteiger partial charge is 0.330 e. The lowest BCUT2D eigenvalue weighted by molar-refractivity contribution is -0.122. The van der Waals surface area contributed by atoms with Crippen molar-refractivity contribution in [3.63, 3.8) is 0 Å². The molecule has 0 aliphatic carbocycles. The molecular formula is C15H20ClN3O3S2. The van der Waals surface area contributed by atoms with Crippen LogP contribution in [0.3, 0.4) is 0 Å². The molecule has 1 atom stereocenters. The fraction of sp³-hybridized carbons (Fsp3) is 0.467. The zero-order chi connectivity index (χ0) is 17.9. The summed E-state index contributed by atoms with van der Waals surface area (Å²) in [5.41, 5.74) is 7.74. The molecule has 3 N–H and O–H groups in total. The Hall–Kier alpha value is -1.38. The number of thiocarbonyl (C=S) groups is 1. The number of anilines is 1. The molecule has 24 heavy (non-hydrogen) atoms. The number of hydrazine groups is 1. The molecule has 6 nitrogen and oxygen atoms in total. The Morgan fingerprint density at radius 1 is 1.33 bits per heavy atom. The van der Waals surface area contributed by atoms with Crippen molar-refractivity contribution >= 4 is 50.4 Å². The summed E-state index contributed by atoms with van der Waals surface area (Å²) in [6.45, 7) is 3.85. The van der Waals surface area contributed by atoms with Gasteiger partial charge in [-0.25, -0.2) is 8.42 Å². The maximum Gasteiger partial charge on any atom is 0.238 e. The Morgan fingerprint density at radius 3 is 2.62 bits per heavy atom. The molecule has 1 aliphatic heterocycles. The van der Waals surface area contributed by atoms with Gasteiger partial charge in [0.2, 0.25) is 5.91 Å². The van der Waals surface area contributed by atoms with Gasteiger partial charge in [-0.2, -0.15) is 0 Å². The maximum atomic E-state index is 11.9. The smallest absolute Gasteiger partial charge is 0.238 e. The zero-order valence-corrected chi connectivity index (χ0v) is 15.9. The Kier molecular flexibility index (Phi) is 6.06. The Balaban J connectivity index is 1.82. The van der Waals surface area contributed by atoms with Gasteiger partial charge in [0, 0.05) is 6.42 Å². The lowest BCUT2D eigenvalue weighted by Crippen LogP contribution is -2.44. The number of carbonyl (C=O) groups is 1. The molecule has 2 rings (SSSR count). The number of halogens is 1. The van der Waals surface area contributed by atoms with Crippen LogP contribution in [0.15, 0.2) is 12.1 Å². The Labute approximate surface area is 152 Å². The summed E-state index contributed by atoms with van der Waals surface area (Å²) in [5.74, 6) is -0.203. The third-order valence-corrected chi connectivity index (χ3v) is 6.13. The highest BCUT2D eigenvalue weighted by molar-refractivity contribution is 7.91. The van der Waals surface area contributed by atoms with E-state index in [0.717, 1.165) is 11.1 Å². The molecule has 1 aromatic carbocycles. The molecule has 0 spiro atoms. The van der Waals surface area contributed by atoms with Crippen molar-refractivity contribution in [1.29, 1.82) is 0 Å². The summed E-state index contributed by atoms with van der Waals surface area (Å²) in [6.07, 6.45) is 0.676. The zero-order valence-electron chi connectivity index (χ0n) is 13.5. The van der Waals surface area contributed by atoms with Gasteiger partial charge in [-0.15, -0.1) is 0 Å². The van der Waals surface area contributed by atoms with Crippen molar-refractivity contribution in [3.8, 4) is 0 Å². The van der Waals surface area contributed by atoms with Crippen LogP contribution in [-0.4, -0.2) is 30.9 Å². The third-order valence-electron chi connectivity index (χ3n) is 3.79. The predicted octanol–water partition coefficient (Wildman–Crippen LogP) is 2.10. The number of carbonyl (C=O) groups excluding carboxylic acids is 1. The number of nitrogens with one attached hydrogen (secondary N) is 3. The predicted molar refractivity (Wildman–Crippen MR) is 99.8 cm³/mol. The molecule has 1 saturated heterocycles. The van der Waals surface area contributed by atoms with Crippen LogP contribution in [0.1, 0.15) is 24.0 Å². The van der Waals surface area contributed by atoms with E-state index < -0.39 is 9.84 Å². The quantitative estimate of drug-likeness (QED) is 0.542. The van der Waals surface area contributed by atoms with Crippen LogP contribution in [0.2, 0.25) is 5.02 Å². The third kappa shape index (κ3) is 5.32. The van der Waals surface area contributed by atoms with E-state index in [1.54, 1.807) is 0 Å². The molecule has 1 fully saturated rings. The number of aryl methyl sites for hydroxylation is 2. The monoisotopic (exact) mass is 389 g/mol. The van der Waals surface area contributed by atoms with E-state index >= 15 is 0 Å². The normalized spacial score (nSPS) is 18.9. The van der Waals surface area contributed by atoms with Crippen LogP contribution in [0.4, 0.5) is 5.69 Å². The topological polar surface area (TPSA) is 87.3 Å². The molecule has 9 heteroatoms. The summed E-state index contributed by atoms with van der Waals surface area (Å²) >= 11 is 11.3. The van der Waals surface area contributed by atoms with Gasteiger partial charge < -0.3 is 5.32 Å². The van der Waals surface area contributed by atoms with Gasteiger partial charge in [0.1, 0.15) is 0 Å². The molecule has 0 bridgehead atoms. The van der Waals surface area contributed by atoms with Gasteiger partial charge in [-0.3, -0.25) is 15.6 Å². The van der Waals surface area contributed by atoms with Crippen molar-refractivity contribution in [3.05, 3.63) is 28.3 Å². The first kappa shape index (κ1) is 19.0. The standard InChI is InChI=1S/C15H20ClN3O3S2/c1-9-5-10(2)14(12(16)6-9)17-15(23)19-18-13(20)7-11-3-4-24(21,22)8-11/h5-6,11H,3-4,7-8H2,1-2H3,(H,18,20)(H2,17,19,23)/t11-/m1/s1. The van der Waals surface area contributed by atoms with Gasteiger partial charge in [-0.05, 0) is 55.6 Å². The number of hydrogen-bond acceptors (Lipinski definition) is 4. The Morgan fingerprint density at radius 2 is 2.04 bits per heavy atom. The molecule has 0 unspecified atom stereocenters. The van der Waals surface area contributed by atoms with Crippen molar-refractivity contribution in [1.82, 2.24) is 10.9 Å². The first-order valence-corrected chi connectivity index (χ1v) is 10.1. The van der Waals surface area contributed by atoms with Gasteiger partial charge in [0.25, 0.3) is 0 Å². The molecular weight excluding hydrogens is 370 g/mol. The van der Waals surface area contributed by atoms with E-state index in [0.29, 0.717) is 17.1 Å². The summed E-state index contributed by atoms with van der Waals surface area (Å²) < 4.78 is 22.8. The fourth-order valence-corrected chi connectivity index (χ4v) is 5.07. The Bertz CT molecular complexity index is 742. The van der Waals surface area contributed by atoms with Crippen LogP contribution in [-0.2, 0) is 14.6 Å². The van der Waals surface area contributed by atoms with Crippen LogP contribution in [0.25, 0.3) is 0 Å². The molecule has 132 valence electrons. The van der Waals surface area contributed by atoms with Gasteiger partial charge >= 0.3 is 0 Å². The minimum atomic E-state index is -2.98. The highest BCUT2D eigenvalue weighted by Crippen LogP contribution is 2.27. The average Bonchev–Trinajstić information content (AvgIpc) is 2.79. The second-order valence-corrected chi connectivity index (χ2v) is 9.08. The van der Waals surface area contributed by atoms with Crippen LogP contribution in [0, 0.1) is 19.8 Å². The number of benzene rings is 1. The second kappa shape index (κ2) is 7.67. The number of amides is 1. The molecule has 0 aromatic heterocycles. The lowest BCUT2D eigenvalue weighted by Gasteiger charge is -2.15. The van der Waals surface area contributed by atoms with Crippen molar-refractivity contribution < 1.29 is 13.2 Å². The van der Waals surface area contributed by atoms with Gasteiger partial charge in [-0.1, -0.05) is 17.7 Å². The summed E-state index contributed by atoms with van der Waals surface area (Å²) in [7, 11) is -2.98. The molecule has 1 aromatic rings. The SMILES string of the molecule is Cc1cc(C)c(NC(=S)NNC(=O)C[C@H]2CCS(=O)(=O)C2)c(Cl)c1. The maximum absolute atomic E-state index is 11.9. The molecule has 1 aliphatic rings. The molecule has 1 heterocycles. The van der Waals surface area contributed by atoms with E-state index in [-0.39, 0.29) is 34.9 Å². The second-order valence-electron chi connectivity index (χ2n) is 6.04.